The Bertz CT molecular complexity index is 345. The van der Waals surface area contributed by atoms with Gasteiger partial charge in [-0.1, -0.05) is 12.8 Å². The van der Waals surface area contributed by atoms with E-state index in [2.05, 4.69) is 15.1 Å². The fourth-order valence-electron chi connectivity index (χ4n) is 3.57. The SMILES string of the molecule is O=C(CN1CCN(C[C@@H](O)C2CC2)CC1)NC1CCCC1. The summed E-state index contributed by atoms with van der Waals surface area (Å²) in [6.07, 6.45) is 7.07. The standard InChI is InChI=1S/C16H29N3O2/c20-15(13-5-6-13)11-18-7-9-19(10-8-18)12-16(21)17-14-3-1-2-4-14/h13-15,20H,1-12H2,(H,17,21)/t15-/m1/s1. The van der Waals surface area contributed by atoms with Crippen LogP contribution in [0.1, 0.15) is 38.5 Å². The van der Waals surface area contributed by atoms with E-state index in [-0.39, 0.29) is 12.0 Å². The minimum absolute atomic E-state index is 0.137. The molecule has 1 saturated heterocycles. The molecule has 1 heterocycles. The predicted molar refractivity (Wildman–Crippen MR) is 82.0 cm³/mol. The first-order chi connectivity index (χ1) is 10.2. The van der Waals surface area contributed by atoms with Crippen molar-refractivity contribution in [1.82, 2.24) is 15.1 Å². The van der Waals surface area contributed by atoms with E-state index >= 15 is 0 Å². The summed E-state index contributed by atoms with van der Waals surface area (Å²) in [7, 11) is 0. The van der Waals surface area contributed by atoms with Gasteiger partial charge in [0.25, 0.3) is 0 Å². The molecule has 0 bridgehead atoms. The Morgan fingerprint density at radius 3 is 2.29 bits per heavy atom. The summed E-state index contributed by atoms with van der Waals surface area (Å²) in [6.45, 7) is 5.17. The molecule has 0 radical (unpaired) electrons. The maximum atomic E-state index is 12.0. The fraction of sp³-hybridized carbons (Fsp3) is 0.938. The van der Waals surface area contributed by atoms with Gasteiger partial charge in [-0.3, -0.25) is 14.6 Å². The van der Waals surface area contributed by atoms with E-state index in [4.69, 9.17) is 0 Å². The third-order valence-corrected chi connectivity index (χ3v) is 5.16. The summed E-state index contributed by atoms with van der Waals surface area (Å²) >= 11 is 0. The highest BCUT2D eigenvalue weighted by Crippen LogP contribution is 2.32. The first-order valence-corrected chi connectivity index (χ1v) is 8.63. The van der Waals surface area contributed by atoms with Gasteiger partial charge in [0.2, 0.25) is 5.91 Å². The van der Waals surface area contributed by atoms with Crippen molar-refractivity contribution in [2.75, 3.05) is 39.3 Å². The molecule has 1 aliphatic heterocycles. The highest BCUT2D eigenvalue weighted by atomic mass is 16.3. The molecule has 2 saturated carbocycles. The van der Waals surface area contributed by atoms with Gasteiger partial charge in [-0.05, 0) is 31.6 Å². The molecular formula is C16H29N3O2. The van der Waals surface area contributed by atoms with Crippen LogP contribution in [0.25, 0.3) is 0 Å². The number of piperazine rings is 1. The lowest BCUT2D eigenvalue weighted by molar-refractivity contribution is -0.123. The minimum atomic E-state index is -0.137. The van der Waals surface area contributed by atoms with Crippen LogP contribution in [-0.4, -0.2) is 72.2 Å². The summed E-state index contributed by atoms with van der Waals surface area (Å²) in [4.78, 5) is 16.6. The van der Waals surface area contributed by atoms with E-state index in [1.165, 1.54) is 25.7 Å². The van der Waals surface area contributed by atoms with E-state index in [1.807, 2.05) is 0 Å². The highest BCUT2D eigenvalue weighted by Gasteiger charge is 2.31. The molecule has 2 N–H and O–H groups in total. The number of nitrogens with one attached hydrogen (secondary N) is 1. The Morgan fingerprint density at radius 1 is 1.05 bits per heavy atom. The molecule has 120 valence electrons. The van der Waals surface area contributed by atoms with Crippen LogP contribution in [0.5, 0.6) is 0 Å². The summed E-state index contributed by atoms with van der Waals surface area (Å²) < 4.78 is 0. The van der Waals surface area contributed by atoms with Gasteiger partial charge in [-0.25, -0.2) is 0 Å². The van der Waals surface area contributed by atoms with E-state index in [1.54, 1.807) is 0 Å². The smallest absolute Gasteiger partial charge is 0.234 e. The lowest BCUT2D eigenvalue weighted by atomic mass is 10.2. The number of carbonyl (C=O) groups is 1. The van der Waals surface area contributed by atoms with Gasteiger partial charge in [0, 0.05) is 38.8 Å². The molecule has 3 rings (SSSR count). The second-order valence-corrected chi connectivity index (χ2v) is 7.03. The van der Waals surface area contributed by atoms with Gasteiger partial charge in [-0.15, -0.1) is 0 Å². The van der Waals surface area contributed by atoms with Gasteiger partial charge >= 0.3 is 0 Å². The summed E-state index contributed by atoms with van der Waals surface area (Å²) in [5.74, 6) is 0.744. The summed E-state index contributed by atoms with van der Waals surface area (Å²) in [5.41, 5.74) is 0. The van der Waals surface area contributed by atoms with Crippen molar-refractivity contribution in [3.05, 3.63) is 0 Å². The highest BCUT2D eigenvalue weighted by molar-refractivity contribution is 5.78. The number of nitrogens with zero attached hydrogens (tertiary/aromatic N) is 2. The van der Waals surface area contributed by atoms with Crippen LogP contribution in [0, 0.1) is 5.92 Å². The van der Waals surface area contributed by atoms with Gasteiger partial charge in [0.15, 0.2) is 0 Å². The number of hydrogen-bond donors (Lipinski definition) is 2. The monoisotopic (exact) mass is 295 g/mol. The van der Waals surface area contributed by atoms with E-state index in [0.717, 1.165) is 45.6 Å². The summed E-state index contributed by atoms with van der Waals surface area (Å²) in [5, 5.41) is 13.2. The van der Waals surface area contributed by atoms with Crippen molar-refractivity contribution >= 4 is 5.91 Å². The first kappa shape index (κ1) is 15.3. The predicted octanol–water partition coefficient (Wildman–Crippen LogP) is 0.434. The molecule has 1 amide bonds. The van der Waals surface area contributed by atoms with E-state index in [0.29, 0.717) is 18.5 Å². The van der Waals surface area contributed by atoms with Crippen LogP contribution < -0.4 is 5.32 Å². The van der Waals surface area contributed by atoms with Gasteiger partial charge in [-0.2, -0.15) is 0 Å². The minimum Gasteiger partial charge on any atom is -0.392 e. The third kappa shape index (κ3) is 4.66. The quantitative estimate of drug-likeness (QED) is 0.746. The number of carbonyl (C=O) groups excluding carboxylic acids is 1. The lowest BCUT2D eigenvalue weighted by Crippen LogP contribution is -2.51. The molecule has 0 unspecified atom stereocenters. The fourth-order valence-corrected chi connectivity index (χ4v) is 3.57. The topological polar surface area (TPSA) is 55.8 Å². The Kier molecular flexibility index (Phi) is 5.14. The zero-order chi connectivity index (χ0) is 14.7. The third-order valence-electron chi connectivity index (χ3n) is 5.16. The van der Waals surface area contributed by atoms with Gasteiger partial charge in [0.05, 0.1) is 12.6 Å². The molecule has 3 aliphatic rings. The Balaban J connectivity index is 1.32. The maximum Gasteiger partial charge on any atom is 0.234 e. The zero-order valence-electron chi connectivity index (χ0n) is 13.0. The van der Waals surface area contributed by atoms with Crippen LogP contribution in [0.15, 0.2) is 0 Å². The molecular weight excluding hydrogens is 266 g/mol. The number of rotatable bonds is 6. The summed E-state index contributed by atoms with van der Waals surface area (Å²) in [6, 6.07) is 0.424. The molecule has 1 atom stereocenters. The normalized spacial score (nSPS) is 26.9. The van der Waals surface area contributed by atoms with Crippen LogP contribution in [-0.2, 0) is 4.79 Å². The van der Waals surface area contributed by atoms with Gasteiger partial charge in [0.1, 0.15) is 0 Å². The average molecular weight is 295 g/mol. The lowest BCUT2D eigenvalue weighted by Gasteiger charge is -2.35. The number of amides is 1. The Labute approximate surface area is 127 Å². The molecule has 5 nitrogen and oxygen atoms in total. The van der Waals surface area contributed by atoms with Crippen molar-refractivity contribution in [2.24, 2.45) is 5.92 Å². The Morgan fingerprint density at radius 2 is 1.67 bits per heavy atom. The second kappa shape index (κ2) is 7.07. The molecule has 5 heteroatoms. The Hall–Kier alpha value is -0.650. The first-order valence-electron chi connectivity index (χ1n) is 8.63. The molecule has 0 spiro atoms. The van der Waals surface area contributed by atoms with E-state index < -0.39 is 0 Å². The molecule has 0 aromatic rings. The van der Waals surface area contributed by atoms with Gasteiger partial charge < -0.3 is 10.4 Å². The maximum absolute atomic E-state index is 12.0. The molecule has 21 heavy (non-hydrogen) atoms. The van der Waals surface area contributed by atoms with Crippen molar-refractivity contribution in [1.29, 1.82) is 0 Å². The zero-order valence-corrected chi connectivity index (χ0v) is 13.0. The molecule has 0 aromatic carbocycles. The van der Waals surface area contributed by atoms with Crippen molar-refractivity contribution in [2.45, 2.75) is 50.7 Å². The molecule has 3 fully saturated rings. The molecule has 2 aliphatic carbocycles. The average Bonchev–Trinajstić information content (AvgIpc) is 3.20. The second-order valence-electron chi connectivity index (χ2n) is 7.03. The molecule has 0 aromatic heterocycles. The number of hydrogen-bond acceptors (Lipinski definition) is 4. The number of β-amino-alcohol motifs (C(OH)–C–C–N with tert-alkyl or cyclic N) is 1. The van der Waals surface area contributed by atoms with Crippen molar-refractivity contribution in [3.8, 4) is 0 Å². The van der Waals surface area contributed by atoms with Crippen LogP contribution in [0.3, 0.4) is 0 Å². The number of aliphatic hydroxyl groups excluding tert-OH is 1. The van der Waals surface area contributed by atoms with E-state index in [9.17, 15) is 9.90 Å². The van der Waals surface area contributed by atoms with Crippen LogP contribution >= 0.6 is 0 Å². The van der Waals surface area contributed by atoms with Crippen molar-refractivity contribution < 1.29 is 9.90 Å². The number of aliphatic hydroxyl groups is 1. The van der Waals surface area contributed by atoms with Crippen LogP contribution in [0.4, 0.5) is 0 Å². The largest absolute Gasteiger partial charge is 0.392 e. The van der Waals surface area contributed by atoms with Crippen LogP contribution in [0.2, 0.25) is 0 Å². The van der Waals surface area contributed by atoms with Crippen molar-refractivity contribution in [3.63, 3.8) is 0 Å².